The highest BCUT2D eigenvalue weighted by molar-refractivity contribution is 6.02. The Labute approximate surface area is 312 Å². The summed E-state index contributed by atoms with van der Waals surface area (Å²) in [6.07, 6.45) is 8.88. The van der Waals surface area contributed by atoms with Gasteiger partial charge in [0.2, 0.25) is 0 Å². The number of carbonyl (C=O) groups is 2. The van der Waals surface area contributed by atoms with Crippen LogP contribution in [0.25, 0.3) is 0 Å². The minimum absolute atomic E-state index is 0.0421. The maximum atomic E-state index is 14.4. The molecule has 0 radical (unpaired) electrons. The number of fused-ring (bicyclic) bond motifs is 5. The third-order valence-corrected chi connectivity index (χ3v) is 15.8. The fourth-order valence-corrected chi connectivity index (χ4v) is 13.3. The number of hydrogen-bond acceptors (Lipinski definition) is 11. The van der Waals surface area contributed by atoms with Gasteiger partial charge in [-0.3, -0.25) is 15.3 Å². The van der Waals surface area contributed by atoms with Gasteiger partial charge in [-0.2, -0.15) is 0 Å². The largest absolute Gasteiger partial charge is 0.512 e. The molecule has 0 spiro atoms. The van der Waals surface area contributed by atoms with Crippen LogP contribution in [0.2, 0.25) is 0 Å². The Hall–Kier alpha value is -1.74. The van der Waals surface area contributed by atoms with Crippen LogP contribution in [0.3, 0.4) is 0 Å². The van der Waals surface area contributed by atoms with E-state index < -0.39 is 66.6 Å². The zero-order valence-corrected chi connectivity index (χ0v) is 31.0. The van der Waals surface area contributed by atoms with Gasteiger partial charge in [0.05, 0.1) is 37.0 Å². The summed E-state index contributed by atoms with van der Waals surface area (Å²) in [6, 6.07) is 0. The molecule has 2 aliphatic heterocycles. The minimum Gasteiger partial charge on any atom is -0.512 e. The third kappa shape index (κ3) is 6.59. The molecule has 12 heteroatoms. The van der Waals surface area contributed by atoms with Gasteiger partial charge in [0, 0.05) is 24.9 Å². The van der Waals surface area contributed by atoms with Crippen LogP contribution in [0.1, 0.15) is 96.3 Å². The van der Waals surface area contributed by atoms with Crippen LogP contribution in [0.4, 0.5) is 0 Å². The zero-order chi connectivity index (χ0) is 37.2. The van der Waals surface area contributed by atoms with Gasteiger partial charge >= 0.3 is 0 Å². The molecule has 296 valence electrons. The van der Waals surface area contributed by atoms with Crippen LogP contribution in [0.15, 0.2) is 23.5 Å². The minimum atomic E-state index is -2.06. The summed E-state index contributed by atoms with van der Waals surface area (Å²) < 4.78 is 12.5. The molecule has 8 aliphatic rings. The average molecular weight is 744 g/mol. The van der Waals surface area contributed by atoms with Crippen molar-refractivity contribution < 1.29 is 55.0 Å². The lowest BCUT2D eigenvalue weighted by molar-refractivity contribution is -0.708. The van der Waals surface area contributed by atoms with Crippen molar-refractivity contribution in [2.45, 2.75) is 139 Å². The summed E-state index contributed by atoms with van der Waals surface area (Å²) in [4.78, 5) is 28.6. The predicted octanol–water partition coefficient (Wildman–Crippen LogP) is 1.37. The van der Waals surface area contributed by atoms with Gasteiger partial charge in [0.1, 0.15) is 41.6 Å². The molecule has 7 fully saturated rings. The van der Waals surface area contributed by atoms with Gasteiger partial charge in [-0.25, -0.2) is 0 Å². The van der Waals surface area contributed by atoms with E-state index in [0.29, 0.717) is 43.4 Å². The van der Waals surface area contributed by atoms with Crippen molar-refractivity contribution in [3.63, 3.8) is 0 Å². The number of Topliss-reactive ketones (excluding diaryl/α,β-unsaturated/α-hetero) is 2. The molecule has 17 atom stereocenters. The SMILES string of the molecule is NC1CC2C(CC[C@H]3CCC[C@@]23C[C@]2(O)[C@H](O)[C@@H](CO)O[C@H](OC3CCCC4C(=O)[C@@H]5C=C(CC6CCCC(CO)C6)C=C(O)[C@H]5C(=O)C34)[C@@H]2O)C[NH2+]1. The molecular formula is C41H63N2O10+. The standard InChI is InChI=1S/C41H62N2O10/c42-32-16-28-24(17-43-32)9-10-25-6-3-11-40(25,28)20-41(51)37(49)31(19-45)53-39(38(41)50)52-30-8-2-7-26-34(30)36(48)33-27(35(26)47)14-23(15-29(33)46)13-21-4-1-5-22(12-21)18-44/h14-15,21-22,24-28,30-34,37-39,43-46,49-51H,1-13,16-20,42H2/p+1/t21?,22?,24?,25-,26?,27-,28?,30?,31-,32?,33+,34?,37-,38+,39+,40+,41+/m1/s1. The van der Waals surface area contributed by atoms with Crippen molar-refractivity contribution in [3.05, 3.63) is 23.5 Å². The molecule has 0 bridgehead atoms. The van der Waals surface area contributed by atoms with E-state index in [0.717, 1.165) is 76.3 Å². The molecule has 53 heavy (non-hydrogen) atoms. The molecule has 6 aliphatic carbocycles. The molecule has 8 unspecified atom stereocenters. The Kier molecular flexibility index (Phi) is 10.8. The molecule has 2 heterocycles. The normalized spacial score (nSPS) is 50.0. The molecule has 0 aromatic heterocycles. The lowest BCUT2D eigenvalue weighted by Crippen LogP contribution is -2.96. The van der Waals surface area contributed by atoms with Gasteiger partial charge in [0.25, 0.3) is 0 Å². The van der Waals surface area contributed by atoms with E-state index in [1.54, 1.807) is 6.08 Å². The molecule has 12 nitrogen and oxygen atoms in total. The van der Waals surface area contributed by atoms with Crippen LogP contribution in [-0.4, -0.2) is 104 Å². The highest BCUT2D eigenvalue weighted by Gasteiger charge is 2.65. The van der Waals surface area contributed by atoms with Crippen molar-refractivity contribution >= 4 is 11.6 Å². The number of hydrogen-bond donors (Lipinski definition) is 8. The van der Waals surface area contributed by atoms with Gasteiger partial charge in [-0.15, -0.1) is 0 Å². The fraction of sp³-hybridized carbons (Fsp3) is 0.854. The number of carbonyl (C=O) groups excluding carboxylic acids is 2. The van der Waals surface area contributed by atoms with E-state index in [9.17, 15) is 40.2 Å². The second kappa shape index (κ2) is 15.0. The molecule has 8 rings (SSSR count). The quantitative estimate of drug-likeness (QED) is 0.178. The van der Waals surface area contributed by atoms with Crippen LogP contribution in [-0.2, 0) is 19.1 Å². The number of piperidine rings is 1. The number of ketones is 2. The zero-order valence-electron chi connectivity index (χ0n) is 31.0. The number of rotatable bonds is 8. The average Bonchev–Trinajstić information content (AvgIpc) is 3.57. The Morgan fingerprint density at radius 1 is 0.925 bits per heavy atom. The number of aliphatic hydroxyl groups excluding tert-OH is 5. The van der Waals surface area contributed by atoms with Crippen LogP contribution in [0.5, 0.6) is 0 Å². The second-order valence-electron chi connectivity index (χ2n) is 18.6. The van der Waals surface area contributed by atoms with Crippen LogP contribution < -0.4 is 11.1 Å². The van der Waals surface area contributed by atoms with E-state index in [1.807, 2.05) is 6.08 Å². The van der Waals surface area contributed by atoms with E-state index in [4.69, 9.17) is 15.2 Å². The maximum Gasteiger partial charge on any atom is 0.187 e. The van der Waals surface area contributed by atoms with Gasteiger partial charge < -0.3 is 45.4 Å². The van der Waals surface area contributed by atoms with Crippen LogP contribution >= 0.6 is 0 Å². The van der Waals surface area contributed by atoms with Crippen molar-refractivity contribution in [2.75, 3.05) is 19.8 Å². The number of nitrogens with two attached hydrogens (primary N) is 2. The van der Waals surface area contributed by atoms with Gasteiger partial charge in [0.15, 0.2) is 12.1 Å². The Morgan fingerprint density at radius 3 is 2.51 bits per heavy atom. The third-order valence-electron chi connectivity index (χ3n) is 15.8. The summed E-state index contributed by atoms with van der Waals surface area (Å²) in [5.74, 6) is -2.09. The van der Waals surface area contributed by atoms with Gasteiger partial charge in [-0.05, 0) is 105 Å². The van der Waals surface area contributed by atoms with Gasteiger partial charge in [-0.1, -0.05) is 31.8 Å². The lowest BCUT2D eigenvalue weighted by atomic mass is 9.51. The summed E-state index contributed by atoms with van der Waals surface area (Å²) >= 11 is 0. The first kappa shape index (κ1) is 38.1. The highest BCUT2D eigenvalue weighted by Crippen LogP contribution is 2.63. The maximum absolute atomic E-state index is 14.4. The topological polar surface area (TPSA) is 217 Å². The predicted molar refractivity (Wildman–Crippen MR) is 191 cm³/mol. The number of allylic oxidation sites excluding steroid dienone is 4. The van der Waals surface area contributed by atoms with Crippen molar-refractivity contribution in [1.29, 1.82) is 0 Å². The Bertz CT molecular complexity index is 1460. The fourth-order valence-electron chi connectivity index (χ4n) is 13.3. The van der Waals surface area contributed by atoms with Crippen molar-refractivity contribution in [2.24, 2.45) is 64.4 Å². The molecule has 0 aromatic rings. The molecule has 2 saturated heterocycles. The smallest absolute Gasteiger partial charge is 0.187 e. The van der Waals surface area contributed by atoms with E-state index in [1.165, 1.54) is 0 Å². The van der Waals surface area contributed by atoms with Crippen molar-refractivity contribution in [3.8, 4) is 0 Å². The molecule has 0 aromatic carbocycles. The van der Waals surface area contributed by atoms with E-state index >= 15 is 0 Å². The first-order valence-corrected chi connectivity index (χ1v) is 20.9. The first-order chi connectivity index (χ1) is 25.5. The molecule has 0 amide bonds. The summed E-state index contributed by atoms with van der Waals surface area (Å²) in [5.41, 5.74) is 4.95. The number of aliphatic hydroxyl groups is 6. The number of ether oxygens (including phenoxy) is 2. The van der Waals surface area contributed by atoms with Crippen molar-refractivity contribution in [1.82, 2.24) is 0 Å². The van der Waals surface area contributed by atoms with Crippen LogP contribution in [0, 0.1) is 58.7 Å². The lowest BCUT2D eigenvalue weighted by Gasteiger charge is -2.58. The monoisotopic (exact) mass is 743 g/mol. The summed E-state index contributed by atoms with van der Waals surface area (Å²) in [7, 11) is 0. The summed E-state index contributed by atoms with van der Waals surface area (Å²) in [6.45, 7) is 0.482. The molecular weight excluding hydrogens is 680 g/mol. The first-order valence-electron chi connectivity index (χ1n) is 20.9. The number of quaternary nitrogens is 1. The summed E-state index contributed by atoms with van der Waals surface area (Å²) in [5, 5.41) is 69.8. The van der Waals surface area contributed by atoms with E-state index in [-0.39, 0.29) is 53.8 Å². The Morgan fingerprint density at radius 2 is 1.72 bits per heavy atom. The van der Waals surface area contributed by atoms with E-state index in [2.05, 4.69) is 5.32 Å². The second-order valence-corrected chi connectivity index (χ2v) is 18.6. The molecule has 10 N–H and O–H groups in total. The Balaban J connectivity index is 1.02. The highest BCUT2D eigenvalue weighted by atomic mass is 16.7. The molecule has 5 saturated carbocycles.